The average Bonchev–Trinajstić information content (AvgIpc) is 2.55. The quantitative estimate of drug-likeness (QED) is 0.819. The Kier molecular flexibility index (Phi) is 4.95. The van der Waals surface area contributed by atoms with Crippen LogP contribution in [0.15, 0.2) is 17.2 Å². The molecule has 0 atom stereocenters. The van der Waals surface area contributed by atoms with Crippen molar-refractivity contribution in [3.05, 3.63) is 18.0 Å². The molecular weight excluding hydrogens is 250 g/mol. The predicted molar refractivity (Wildman–Crippen MR) is 72.8 cm³/mol. The van der Waals surface area contributed by atoms with Gasteiger partial charge in [-0.3, -0.25) is 0 Å². The Hall–Kier alpha value is -0.850. The van der Waals surface area contributed by atoms with Gasteiger partial charge in [-0.25, -0.2) is 13.1 Å². The van der Waals surface area contributed by atoms with E-state index in [4.69, 9.17) is 0 Å². The van der Waals surface area contributed by atoms with E-state index < -0.39 is 10.0 Å². The second-order valence-corrected chi connectivity index (χ2v) is 6.80. The first-order valence-corrected chi connectivity index (χ1v) is 7.61. The average molecular weight is 273 g/mol. The molecule has 104 valence electrons. The van der Waals surface area contributed by atoms with E-state index in [1.165, 1.54) is 0 Å². The van der Waals surface area contributed by atoms with Crippen molar-refractivity contribution >= 4 is 10.0 Å². The molecule has 0 unspecified atom stereocenters. The Morgan fingerprint density at radius 2 is 1.83 bits per heavy atom. The van der Waals surface area contributed by atoms with Crippen LogP contribution in [0.4, 0.5) is 0 Å². The summed E-state index contributed by atoms with van der Waals surface area (Å²) >= 11 is 0. The van der Waals surface area contributed by atoms with Gasteiger partial charge in [0.2, 0.25) is 10.0 Å². The van der Waals surface area contributed by atoms with Crippen LogP contribution in [0.25, 0.3) is 0 Å². The van der Waals surface area contributed by atoms with Crippen LogP contribution in [0, 0.1) is 0 Å². The summed E-state index contributed by atoms with van der Waals surface area (Å²) in [5, 5.41) is 3.27. The summed E-state index contributed by atoms with van der Waals surface area (Å²) in [5.41, 5.74) is 0.952. The number of nitrogens with zero attached hydrogens (tertiary/aromatic N) is 1. The van der Waals surface area contributed by atoms with Crippen LogP contribution in [-0.4, -0.2) is 25.1 Å². The van der Waals surface area contributed by atoms with Crippen LogP contribution >= 0.6 is 0 Å². The number of hydrogen-bond donors (Lipinski definition) is 2. The van der Waals surface area contributed by atoms with Gasteiger partial charge in [0.05, 0.1) is 4.90 Å². The van der Waals surface area contributed by atoms with Gasteiger partial charge >= 0.3 is 0 Å². The predicted octanol–water partition coefficient (Wildman–Crippen LogP) is 1.21. The number of aryl methyl sites for hydroxylation is 1. The summed E-state index contributed by atoms with van der Waals surface area (Å²) in [6.07, 6.45) is 1.64. The summed E-state index contributed by atoms with van der Waals surface area (Å²) < 4.78 is 28.4. The fourth-order valence-corrected chi connectivity index (χ4v) is 2.93. The first-order valence-electron chi connectivity index (χ1n) is 6.13. The maximum Gasteiger partial charge on any atom is 0.242 e. The third kappa shape index (κ3) is 4.12. The Balaban J connectivity index is 2.90. The van der Waals surface area contributed by atoms with Crippen molar-refractivity contribution in [3.8, 4) is 0 Å². The minimum atomic E-state index is -3.40. The first kappa shape index (κ1) is 15.2. The molecule has 5 nitrogen and oxygen atoms in total. The highest BCUT2D eigenvalue weighted by atomic mass is 32.2. The molecule has 6 heteroatoms. The minimum Gasteiger partial charge on any atom is -0.352 e. The standard InChI is InChI=1S/C12H23N3O2S/c1-9(2)13-7-11-6-12(8-15(11)5)18(16,17)14-10(3)4/h6,8-10,13-14H,7H2,1-5H3. The highest BCUT2D eigenvalue weighted by molar-refractivity contribution is 7.89. The second kappa shape index (κ2) is 5.86. The Morgan fingerprint density at radius 1 is 1.22 bits per heavy atom. The van der Waals surface area contributed by atoms with E-state index in [1.807, 2.05) is 25.5 Å². The molecular formula is C12H23N3O2S. The maximum atomic E-state index is 12.0. The Labute approximate surface area is 110 Å². The zero-order valence-electron chi connectivity index (χ0n) is 11.7. The van der Waals surface area contributed by atoms with E-state index in [0.717, 1.165) is 5.69 Å². The number of aromatic nitrogens is 1. The van der Waals surface area contributed by atoms with Gasteiger partial charge in [-0.2, -0.15) is 0 Å². The lowest BCUT2D eigenvalue weighted by molar-refractivity contribution is 0.569. The molecule has 0 aliphatic heterocycles. The van der Waals surface area contributed by atoms with Gasteiger partial charge < -0.3 is 9.88 Å². The highest BCUT2D eigenvalue weighted by Crippen LogP contribution is 2.13. The fourth-order valence-electron chi connectivity index (χ4n) is 1.59. The van der Waals surface area contributed by atoms with E-state index >= 15 is 0 Å². The molecule has 1 rings (SSSR count). The lowest BCUT2D eigenvalue weighted by Crippen LogP contribution is -2.29. The van der Waals surface area contributed by atoms with Gasteiger partial charge in [0, 0.05) is 37.6 Å². The number of rotatable bonds is 6. The van der Waals surface area contributed by atoms with E-state index in [9.17, 15) is 8.42 Å². The smallest absolute Gasteiger partial charge is 0.242 e. The monoisotopic (exact) mass is 273 g/mol. The van der Waals surface area contributed by atoms with Crippen molar-refractivity contribution in [1.82, 2.24) is 14.6 Å². The summed E-state index contributed by atoms with van der Waals surface area (Å²) in [7, 11) is -1.55. The van der Waals surface area contributed by atoms with Gasteiger partial charge in [-0.1, -0.05) is 13.8 Å². The number of hydrogen-bond acceptors (Lipinski definition) is 3. The van der Waals surface area contributed by atoms with Gasteiger partial charge in [-0.05, 0) is 19.9 Å². The lowest BCUT2D eigenvalue weighted by Gasteiger charge is -2.08. The molecule has 1 aromatic rings. The molecule has 0 aliphatic carbocycles. The van der Waals surface area contributed by atoms with Gasteiger partial charge in [0.15, 0.2) is 0 Å². The molecule has 0 fully saturated rings. The van der Waals surface area contributed by atoms with Crippen LogP contribution in [-0.2, 0) is 23.6 Å². The summed E-state index contributed by atoms with van der Waals surface area (Å²) in [6, 6.07) is 1.97. The van der Waals surface area contributed by atoms with Crippen molar-refractivity contribution in [2.45, 2.75) is 51.2 Å². The molecule has 0 radical (unpaired) electrons. The minimum absolute atomic E-state index is 0.104. The normalized spacial score (nSPS) is 12.6. The van der Waals surface area contributed by atoms with Crippen LogP contribution < -0.4 is 10.0 Å². The largest absolute Gasteiger partial charge is 0.352 e. The van der Waals surface area contributed by atoms with E-state index in [-0.39, 0.29) is 6.04 Å². The molecule has 0 saturated heterocycles. The van der Waals surface area contributed by atoms with Crippen molar-refractivity contribution in [2.75, 3.05) is 0 Å². The van der Waals surface area contributed by atoms with Crippen LogP contribution in [0.1, 0.15) is 33.4 Å². The highest BCUT2D eigenvalue weighted by Gasteiger charge is 2.18. The van der Waals surface area contributed by atoms with Crippen LogP contribution in [0.3, 0.4) is 0 Å². The SMILES string of the molecule is CC(C)NCc1cc(S(=O)(=O)NC(C)C)cn1C. The topological polar surface area (TPSA) is 63.1 Å². The van der Waals surface area contributed by atoms with Gasteiger partial charge in [-0.15, -0.1) is 0 Å². The molecule has 2 N–H and O–H groups in total. The van der Waals surface area contributed by atoms with Crippen molar-refractivity contribution < 1.29 is 8.42 Å². The third-order valence-electron chi connectivity index (χ3n) is 2.48. The first-order chi connectivity index (χ1) is 8.22. The van der Waals surface area contributed by atoms with Crippen molar-refractivity contribution in [1.29, 1.82) is 0 Å². The molecule has 0 saturated carbocycles. The summed E-state index contributed by atoms with van der Waals surface area (Å²) in [4.78, 5) is 0.319. The maximum absolute atomic E-state index is 12.0. The number of nitrogens with one attached hydrogen (secondary N) is 2. The molecule has 0 aliphatic rings. The lowest BCUT2D eigenvalue weighted by atomic mass is 10.3. The number of sulfonamides is 1. The Morgan fingerprint density at radius 3 is 2.33 bits per heavy atom. The fraction of sp³-hybridized carbons (Fsp3) is 0.667. The van der Waals surface area contributed by atoms with Crippen LogP contribution in [0.5, 0.6) is 0 Å². The molecule has 18 heavy (non-hydrogen) atoms. The Bertz CT molecular complexity index is 489. The van der Waals surface area contributed by atoms with E-state index in [2.05, 4.69) is 23.9 Å². The van der Waals surface area contributed by atoms with Crippen LogP contribution in [0.2, 0.25) is 0 Å². The second-order valence-electron chi connectivity index (χ2n) is 5.09. The molecule has 0 aromatic carbocycles. The zero-order valence-corrected chi connectivity index (χ0v) is 12.5. The summed E-state index contributed by atoms with van der Waals surface area (Å²) in [6.45, 7) is 8.39. The van der Waals surface area contributed by atoms with Crippen molar-refractivity contribution in [3.63, 3.8) is 0 Å². The van der Waals surface area contributed by atoms with Gasteiger partial charge in [0.25, 0.3) is 0 Å². The third-order valence-corrected chi connectivity index (χ3v) is 4.10. The molecule has 0 spiro atoms. The van der Waals surface area contributed by atoms with Crippen molar-refractivity contribution in [2.24, 2.45) is 7.05 Å². The molecule has 1 heterocycles. The van der Waals surface area contributed by atoms with E-state index in [1.54, 1.807) is 12.3 Å². The molecule has 0 bridgehead atoms. The molecule has 0 amide bonds. The van der Waals surface area contributed by atoms with Gasteiger partial charge in [0.1, 0.15) is 0 Å². The van der Waals surface area contributed by atoms with E-state index in [0.29, 0.717) is 17.5 Å². The zero-order chi connectivity index (χ0) is 13.9. The summed E-state index contributed by atoms with van der Waals surface area (Å²) in [5.74, 6) is 0. The molecule has 1 aromatic heterocycles.